The number of anilines is 2. The van der Waals surface area contributed by atoms with Gasteiger partial charge in [0, 0.05) is 25.3 Å². The quantitative estimate of drug-likeness (QED) is 0.421. The molecule has 0 atom stereocenters. The number of imidazole rings is 1. The highest BCUT2D eigenvalue weighted by molar-refractivity contribution is 6.34. The third kappa shape index (κ3) is 4.42. The number of carboxylic acids is 1. The van der Waals surface area contributed by atoms with Crippen LogP contribution in [-0.4, -0.2) is 49.6 Å². The van der Waals surface area contributed by atoms with E-state index >= 15 is 0 Å². The van der Waals surface area contributed by atoms with Gasteiger partial charge in [0.25, 0.3) is 5.91 Å². The Hall–Kier alpha value is -3.98. The molecular weight excluding hydrogens is 468 g/mol. The SMILES string of the molecule is Cc1nc2cccnc2n1C1CCN(c2ncc(NC(=O)c3ccccc3Cl)cc2C(=O)O)CC1. The molecule has 1 aliphatic rings. The molecule has 3 aromatic heterocycles. The average molecular weight is 491 g/mol. The van der Waals surface area contributed by atoms with Gasteiger partial charge < -0.3 is 19.9 Å². The molecule has 1 fully saturated rings. The first-order valence-corrected chi connectivity index (χ1v) is 11.6. The van der Waals surface area contributed by atoms with E-state index in [0.717, 1.165) is 29.8 Å². The second-order valence-electron chi connectivity index (χ2n) is 8.43. The predicted molar refractivity (Wildman–Crippen MR) is 133 cm³/mol. The second-order valence-corrected chi connectivity index (χ2v) is 8.83. The lowest BCUT2D eigenvalue weighted by Crippen LogP contribution is -2.36. The molecule has 178 valence electrons. The van der Waals surface area contributed by atoms with Gasteiger partial charge in [0.15, 0.2) is 5.65 Å². The lowest BCUT2D eigenvalue weighted by molar-refractivity contribution is 0.0696. The lowest BCUT2D eigenvalue weighted by atomic mass is 10.0. The van der Waals surface area contributed by atoms with Gasteiger partial charge in [-0.3, -0.25) is 4.79 Å². The van der Waals surface area contributed by atoms with Crippen LogP contribution in [0.1, 0.15) is 45.4 Å². The molecule has 10 heteroatoms. The summed E-state index contributed by atoms with van der Waals surface area (Å²) in [5.41, 5.74) is 2.36. The van der Waals surface area contributed by atoms with Crippen molar-refractivity contribution >= 4 is 46.1 Å². The van der Waals surface area contributed by atoms with Gasteiger partial charge in [0.05, 0.1) is 22.5 Å². The number of benzene rings is 1. The Morgan fingerprint density at radius 3 is 2.60 bits per heavy atom. The lowest BCUT2D eigenvalue weighted by Gasteiger charge is -2.34. The number of carboxylic acid groups (broad SMARTS) is 1. The molecule has 0 bridgehead atoms. The van der Waals surface area contributed by atoms with Crippen LogP contribution in [0.15, 0.2) is 54.9 Å². The van der Waals surface area contributed by atoms with Crippen molar-refractivity contribution in [1.29, 1.82) is 0 Å². The first kappa shape index (κ1) is 22.8. The molecule has 0 saturated carbocycles. The number of halogens is 1. The van der Waals surface area contributed by atoms with Gasteiger partial charge in [-0.25, -0.2) is 19.7 Å². The molecule has 35 heavy (non-hydrogen) atoms. The van der Waals surface area contributed by atoms with Crippen LogP contribution in [0.5, 0.6) is 0 Å². The highest BCUT2D eigenvalue weighted by Crippen LogP contribution is 2.31. The summed E-state index contributed by atoms with van der Waals surface area (Å²) < 4.78 is 2.17. The van der Waals surface area contributed by atoms with Crippen molar-refractivity contribution in [3.63, 3.8) is 0 Å². The van der Waals surface area contributed by atoms with E-state index in [2.05, 4.69) is 24.8 Å². The number of fused-ring (bicyclic) bond motifs is 1. The average Bonchev–Trinajstić information content (AvgIpc) is 3.20. The van der Waals surface area contributed by atoms with E-state index in [1.165, 1.54) is 12.3 Å². The van der Waals surface area contributed by atoms with Gasteiger partial charge in [-0.1, -0.05) is 23.7 Å². The molecule has 0 spiro atoms. The summed E-state index contributed by atoms with van der Waals surface area (Å²) in [5.74, 6) is -0.236. The van der Waals surface area contributed by atoms with Crippen LogP contribution >= 0.6 is 11.6 Å². The molecule has 0 aliphatic carbocycles. The normalized spacial score (nSPS) is 14.3. The van der Waals surface area contributed by atoms with Crippen molar-refractivity contribution < 1.29 is 14.7 Å². The van der Waals surface area contributed by atoms with E-state index in [-0.39, 0.29) is 17.3 Å². The van der Waals surface area contributed by atoms with Gasteiger partial charge in [-0.05, 0) is 50.1 Å². The molecule has 9 nitrogen and oxygen atoms in total. The number of amides is 1. The molecule has 4 aromatic rings. The summed E-state index contributed by atoms with van der Waals surface area (Å²) in [7, 11) is 0. The fourth-order valence-electron chi connectivity index (χ4n) is 4.59. The summed E-state index contributed by atoms with van der Waals surface area (Å²) in [4.78, 5) is 40.1. The minimum Gasteiger partial charge on any atom is -0.478 e. The van der Waals surface area contributed by atoms with E-state index in [4.69, 9.17) is 11.6 Å². The number of nitrogens with one attached hydrogen (secondary N) is 1. The maximum atomic E-state index is 12.6. The Morgan fingerprint density at radius 2 is 1.86 bits per heavy atom. The molecule has 0 unspecified atom stereocenters. The van der Waals surface area contributed by atoms with Crippen molar-refractivity contribution in [1.82, 2.24) is 19.5 Å². The first-order chi connectivity index (χ1) is 16.9. The van der Waals surface area contributed by atoms with Crippen LogP contribution in [-0.2, 0) is 0 Å². The topological polar surface area (TPSA) is 113 Å². The van der Waals surface area contributed by atoms with Gasteiger partial charge in [-0.2, -0.15) is 0 Å². The Bertz CT molecular complexity index is 1430. The van der Waals surface area contributed by atoms with E-state index in [0.29, 0.717) is 29.5 Å². The standard InChI is InChI=1S/C25H23ClN6O3/c1-15-29-21-7-4-10-27-23(21)32(15)17-8-11-31(12-9-17)22-19(25(34)35)13-16(14-28-22)30-24(33)18-5-2-3-6-20(18)26/h2-7,10,13-14,17H,8-9,11-12H2,1H3,(H,30,33)(H,34,35). The molecule has 4 heterocycles. The minimum atomic E-state index is -1.11. The van der Waals surface area contributed by atoms with E-state index in [1.807, 2.05) is 24.0 Å². The third-order valence-corrected chi connectivity index (χ3v) is 6.56. The third-order valence-electron chi connectivity index (χ3n) is 6.23. The number of aromatic nitrogens is 4. The van der Waals surface area contributed by atoms with Crippen molar-refractivity contribution in [2.45, 2.75) is 25.8 Å². The number of hydrogen-bond donors (Lipinski definition) is 2. The summed E-state index contributed by atoms with van der Waals surface area (Å²) in [6, 6.07) is 12.1. The fraction of sp³-hybridized carbons (Fsp3) is 0.240. The van der Waals surface area contributed by atoms with Gasteiger partial charge in [0.1, 0.15) is 22.7 Å². The van der Waals surface area contributed by atoms with Crippen LogP contribution in [0.3, 0.4) is 0 Å². The molecule has 1 saturated heterocycles. The number of carbonyl (C=O) groups excluding carboxylic acids is 1. The van der Waals surface area contributed by atoms with E-state index < -0.39 is 11.9 Å². The first-order valence-electron chi connectivity index (χ1n) is 11.3. The highest BCUT2D eigenvalue weighted by atomic mass is 35.5. The highest BCUT2D eigenvalue weighted by Gasteiger charge is 2.27. The van der Waals surface area contributed by atoms with Crippen molar-refractivity contribution in [2.24, 2.45) is 0 Å². The monoisotopic (exact) mass is 490 g/mol. The molecule has 0 radical (unpaired) electrons. The number of piperidine rings is 1. The number of pyridine rings is 2. The summed E-state index contributed by atoms with van der Waals surface area (Å²) in [5, 5.41) is 12.9. The maximum absolute atomic E-state index is 12.6. The van der Waals surface area contributed by atoms with E-state index in [9.17, 15) is 14.7 Å². The van der Waals surface area contributed by atoms with Crippen molar-refractivity contribution in [3.05, 3.63) is 76.8 Å². The zero-order valence-corrected chi connectivity index (χ0v) is 19.7. The number of aryl methyl sites for hydroxylation is 1. The Balaban J connectivity index is 1.34. The summed E-state index contributed by atoms with van der Waals surface area (Å²) in [6.45, 7) is 3.25. The minimum absolute atomic E-state index is 0.0336. The van der Waals surface area contributed by atoms with Gasteiger partial charge >= 0.3 is 5.97 Å². The largest absolute Gasteiger partial charge is 0.478 e. The predicted octanol–water partition coefficient (Wildman–Crippen LogP) is 4.58. The van der Waals surface area contributed by atoms with Crippen LogP contribution in [0.2, 0.25) is 5.02 Å². The molecule has 1 aliphatic heterocycles. The van der Waals surface area contributed by atoms with E-state index in [1.54, 1.807) is 30.5 Å². The number of nitrogens with zero attached hydrogens (tertiary/aromatic N) is 5. The Kier molecular flexibility index (Phi) is 6.08. The Morgan fingerprint density at radius 1 is 1.09 bits per heavy atom. The Labute approximate surface area is 206 Å². The van der Waals surface area contributed by atoms with Crippen LogP contribution in [0.4, 0.5) is 11.5 Å². The van der Waals surface area contributed by atoms with Gasteiger partial charge in [0.2, 0.25) is 0 Å². The number of carbonyl (C=O) groups is 2. The van der Waals surface area contributed by atoms with Crippen molar-refractivity contribution in [2.75, 3.05) is 23.3 Å². The van der Waals surface area contributed by atoms with Crippen LogP contribution in [0.25, 0.3) is 11.2 Å². The second kappa shape index (κ2) is 9.34. The molecule has 2 N–H and O–H groups in total. The number of aromatic carboxylic acids is 1. The van der Waals surface area contributed by atoms with Crippen molar-refractivity contribution in [3.8, 4) is 0 Å². The van der Waals surface area contributed by atoms with Crippen LogP contribution in [0, 0.1) is 6.92 Å². The van der Waals surface area contributed by atoms with Crippen LogP contribution < -0.4 is 10.2 Å². The summed E-state index contributed by atoms with van der Waals surface area (Å²) in [6.07, 6.45) is 4.84. The molecule has 1 aromatic carbocycles. The number of hydrogen-bond acceptors (Lipinski definition) is 6. The molecule has 1 amide bonds. The zero-order chi connectivity index (χ0) is 24.5. The van der Waals surface area contributed by atoms with Gasteiger partial charge in [-0.15, -0.1) is 0 Å². The maximum Gasteiger partial charge on any atom is 0.339 e. The smallest absolute Gasteiger partial charge is 0.339 e. The molecular formula is C25H23ClN6O3. The zero-order valence-electron chi connectivity index (χ0n) is 19.0. The summed E-state index contributed by atoms with van der Waals surface area (Å²) >= 11 is 6.10. The fourth-order valence-corrected chi connectivity index (χ4v) is 4.82. The molecule has 5 rings (SSSR count). The number of rotatable bonds is 5.